The van der Waals surface area contributed by atoms with Crippen LogP contribution in [0.2, 0.25) is 5.02 Å². The van der Waals surface area contributed by atoms with E-state index in [4.69, 9.17) is 16.3 Å². The van der Waals surface area contributed by atoms with Crippen LogP contribution in [0.1, 0.15) is 6.92 Å². The summed E-state index contributed by atoms with van der Waals surface area (Å²) in [7, 11) is 1.82. The predicted molar refractivity (Wildman–Crippen MR) is 114 cm³/mol. The lowest BCUT2D eigenvalue weighted by atomic mass is 10.3. The smallest absolute Gasteiger partial charge is 0.222 e. The first kappa shape index (κ1) is 19.7. The van der Waals surface area contributed by atoms with Gasteiger partial charge >= 0.3 is 0 Å². The molecule has 0 aliphatic rings. The number of benzene rings is 2. The monoisotopic (exact) mass is 425 g/mol. The van der Waals surface area contributed by atoms with E-state index >= 15 is 0 Å². The topological polar surface area (TPSA) is 81.1 Å². The van der Waals surface area contributed by atoms with Crippen LogP contribution in [0.15, 0.2) is 54.7 Å². The highest BCUT2D eigenvalue weighted by Gasteiger charge is 2.12. The first-order chi connectivity index (χ1) is 14.4. The fraction of sp³-hybridized carbons (Fsp3) is 0.0952. The molecule has 1 amide bonds. The number of pyridine rings is 1. The number of carbonyl (C=O) groups is 1. The summed E-state index contributed by atoms with van der Waals surface area (Å²) in [6.07, 6.45) is 1.54. The van der Waals surface area contributed by atoms with Gasteiger partial charge in [-0.1, -0.05) is 11.6 Å². The number of nitrogens with one attached hydrogen (secondary N) is 2. The van der Waals surface area contributed by atoms with E-state index in [9.17, 15) is 9.18 Å². The minimum absolute atomic E-state index is 0.217. The number of nitrogens with zero attached hydrogens (tertiary/aromatic N) is 3. The van der Waals surface area contributed by atoms with Crippen molar-refractivity contribution < 1.29 is 13.9 Å². The Bertz CT molecular complexity index is 1260. The molecule has 0 spiro atoms. The number of imidazole rings is 1. The van der Waals surface area contributed by atoms with E-state index in [0.29, 0.717) is 33.8 Å². The summed E-state index contributed by atoms with van der Waals surface area (Å²) in [4.78, 5) is 19.8. The van der Waals surface area contributed by atoms with Crippen LogP contribution in [0, 0.1) is 5.82 Å². The SMILES string of the molecule is CC(=O)Nc1cc(Oc2ccc3c(c2)nc(Nc2cc(Cl)ccc2F)n3C)ccn1. The van der Waals surface area contributed by atoms with E-state index in [2.05, 4.69) is 20.6 Å². The summed E-state index contributed by atoms with van der Waals surface area (Å²) in [5, 5.41) is 6.00. The third-order valence-corrected chi connectivity index (χ3v) is 4.53. The Hall–Kier alpha value is -3.65. The molecule has 152 valence electrons. The number of anilines is 3. The average molecular weight is 426 g/mol. The van der Waals surface area contributed by atoms with Crippen LogP contribution in [0.3, 0.4) is 0 Å². The molecule has 4 rings (SSSR count). The number of rotatable bonds is 5. The van der Waals surface area contributed by atoms with E-state index in [1.165, 1.54) is 25.1 Å². The van der Waals surface area contributed by atoms with Gasteiger partial charge in [0.1, 0.15) is 23.1 Å². The maximum absolute atomic E-state index is 14.1. The number of hydrogen-bond donors (Lipinski definition) is 2. The number of ether oxygens (including phenoxy) is 1. The second kappa shape index (κ2) is 8.00. The van der Waals surface area contributed by atoms with Gasteiger partial charge in [0.2, 0.25) is 11.9 Å². The molecule has 7 nitrogen and oxygen atoms in total. The maximum Gasteiger partial charge on any atom is 0.222 e. The van der Waals surface area contributed by atoms with Crippen molar-refractivity contribution in [3.8, 4) is 11.5 Å². The van der Waals surface area contributed by atoms with Gasteiger partial charge in [0.25, 0.3) is 0 Å². The highest BCUT2D eigenvalue weighted by molar-refractivity contribution is 6.30. The molecule has 0 bridgehead atoms. The molecule has 0 fully saturated rings. The summed E-state index contributed by atoms with van der Waals surface area (Å²) in [6.45, 7) is 1.41. The molecule has 0 saturated carbocycles. The number of aromatic nitrogens is 3. The molecule has 2 heterocycles. The van der Waals surface area contributed by atoms with Gasteiger partial charge in [-0.05, 0) is 36.4 Å². The zero-order chi connectivity index (χ0) is 21.3. The second-order valence-corrected chi connectivity index (χ2v) is 6.99. The molecule has 0 atom stereocenters. The number of aryl methyl sites for hydroxylation is 1. The Morgan fingerprint density at radius 2 is 1.93 bits per heavy atom. The van der Waals surface area contributed by atoms with Crippen molar-refractivity contribution in [2.45, 2.75) is 6.92 Å². The zero-order valence-corrected chi connectivity index (χ0v) is 16.9. The first-order valence-electron chi connectivity index (χ1n) is 8.99. The van der Waals surface area contributed by atoms with Crippen molar-refractivity contribution in [1.29, 1.82) is 0 Å². The Morgan fingerprint density at radius 1 is 1.13 bits per heavy atom. The van der Waals surface area contributed by atoms with Gasteiger partial charge in [0.15, 0.2) is 0 Å². The number of carbonyl (C=O) groups excluding carboxylic acids is 1. The van der Waals surface area contributed by atoms with Crippen molar-refractivity contribution in [1.82, 2.24) is 14.5 Å². The van der Waals surface area contributed by atoms with Crippen LogP contribution in [0.25, 0.3) is 11.0 Å². The molecule has 0 unspecified atom stereocenters. The van der Waals surface area contributed by atoms with Crippen LogP contribution in [0.4, 0.5) is 21.8 Å². The lowest BCUT2D eigenvalue weighted by Gasteiger charge is -2.08. The molecule has 0 radical (unpaired) electrons. The molecular weight excluding hydrogens is 409 g/mol. The summed E-state index contributed by atoms with van der Waals surface area (Å²) in [5.41, 5.74) is 1.73. The molecule has 2 aromatic heterocycles. The van der Waals surface area contributed by atoms with Gasteiger partial charge in [0, 0.05) is 37.3 Å². The van der Waals surface area contributed by atoms with Gasteiger partial charge in [-0.2, -0.15) is 0 Å². The average Bonchev–Trinajstić information content (AvgIpc) is 2.99. The van der Waals surface area contributed by atoms with Gasteiger partial charge < -0.3 is 19.9 Å². The van der Waals surface area contributed by atoms with Crippen molar-refractivity contribution in [2.24, 2.45) is 7.05 Å². The highest BCUT2D eigenvalue weighted by atomic mass is 35.5. The molecule has 0 aliphatic heterocycles. The van der Waals surface area contributed by atoms with Crippen molar-refractivity contribution in [3.05, 3.63) is 65.6 Å². The zero-order valence-electron chi connectivity index (χ0n) is 16.1. The molecule has 0 aliphatic carbocycles. The number of hydrogen-bond acceptors (Lipinski definition) is 5. The number of halogens is 2. The lowest BCUT2D eigenvalue weighted by molar-refractivity contribution is -0.114. The normalized spacial score (nSPS) is 10.8. The molecule has 30 heavy (non-hydrogen) atoms. The first-order valence-corrected chi connectivity index (χ1v) is 9.37. The van der Waals surface area contributed by atoms with Crippen LogP contribution in [-0.2, 0) is 11.8 Å². The summed E-state index contributed by atoms with van der Waals surface area (Å²) < 4.78 is 21.7. The highest BCUT2D eigenvalue weighted by Crippen LogP contribution is 2.29. The third kappa shape index (κ3) is 4.18. The summed E-state index contributed by atoms with van der Waals surface area (Å²) >= 11 is 5.96. The molecular formula is C21H17ClFN5O2. The van der Waals surface area contributed by atoms with Crippen LogP contribution in [0.5, 0.6) is 11.5 Å². The fourth-order valence-corrected chi connectivity index (χ4v) is 3.10. The van der Waals surface area contributed by atoms with Gasteiger partial charge in [-0.3, -0.25) is 4.79 Å². The minimum atomic E-state index is -0.428. The Labute approximate surface area is 176 Å². The van der Waals surface area contributed by atoms with E-state index in [1.54, 1.807) is 35.0 Å². The van der Waals surface area contributed by atoms with Crippen LogP contribution in [-0.4, -0.2) is 20.4 Å². The minimum Gasteiger partial charge on any atom is -0.457 e. The van der Waals surface area contributed by atoms with E-state index < -0.39 is 5.82 Å². The van der Waals surface area contributed by atoms with Crippen LogP contribution < -0.4 is 15.4 Å². The van der Waals surface area contributed by atoms with Crippen molar-refractivity contribution in [2.75, 3.05) is 10.6 Å². The van der Waals surface area contributed by atoms with E-state index in [1.807, 2.05) is 13.1 Å². The standard InChI is InChI=1S/C21H17ClFN5O2/c1-12(29)25-20-11-15(7-8-24-20)30-14-4-6-19-18(10-14)27-21(28(19)2)26-17-9-13(22)3-5-16(17)23/h3-11H,1-2H3,(H,26,27)(H,24,25,29). The molecule has 2 N–H and O–H groups in total. The quantitative estimate of drug-likeness (QED) is 0.456. The summed E-state index contributed by atoms with van der Waals surface area (Å²) in [5.74, 6) is 1.28. The van der Waals surface area contributed by atoms with Crippen molar-refractivity contribution in [3.63, 3.8) is 0 Å². The van der Waals surface area contributed by atoms with Gasteiger partial charge in [-0.15, -0.1) is 0 Å². The number of fused-ring (bicyclic) bond motifs is 1. The molecule has 0 saturated heterocycles. The fourth-order valence-electron chi connectivity index (χ4n) is 2.93. The molecule has 4 aromatic rings. The van der Waals surface area contributed by atoms with E-state index in [0.717, 1.165) is 5.52 Å². The predicted octanol–water partition coefficient (Wildman–Crippen LogP) is 5.26. The van der Waals surface area contributed by atoms with Crippen LogP contribution >= 0.6 is 11.6 Å². The Balaban J connectivity index is 1.60. The Morgan fingerprint density at radius 3 is 2.73 bits per heavy atom. The van der Waals surface area contributed by atoms with Gasteiger partial charge in [0.05, 0.1) is 16.7 Å². The third-order valence-electron chi connectivity index (χ3n) is 4.30. The van der Waals surface area contributed by atoms with E-state index in [-0.39, 0.29) is 11.6 Å². The summed E-state index contributed by atoms with van der Waals surface area (Å²) in [6, 6.07) is 13.0. The second-order valence-electron chi connectivity index (χ2n) is 6.55. The number of amides is 1. The maximum atomic E-state index is 14.1. The molecule has 9 heteroatoms. The Kier molecular flexibility index (Phi) is 5.24. The molecule has 2 aromatic carbocycles. The lowest BCUT2D eigenvalue weighted by Crippen LogP contribution is -2.07. The largest absolute Gasteiger partial charge is 0.457 e. The van der Waals surface area contributed by atoms with Gasteiger partial charge in [-0.25, -0.2) is 14.4 Å². The van der Waals surface area contributed by atoms with Crippen molar-refractivity contribution >= 4 is 46.0 Å².